The van der Waals surface area contributed by atoms with Crippen molar-refractivity contribution in [3.8, 4) is 0 Å². The summed E-state index contributed by atoms with van der Waals surface area (Å²) >= 11 is 0. The zero-order valence-electron chi connectivity index (χ0n) is 8.21. The summed E-state index contributed by atoms with van der Waals surface area (Å²) in [5.74, 6) is -0.482. The van der Waals surface area contributed by atoms with Crippen LogP contribution in [0.4, 0.5) is 0 Å². The molecule has 0 radical (unpaired) electrons. The van der Waals surface area contributed by atoms with Crippen LogP contribution in [0.3, 0.4) is 0 Å². The van der Waals surface area contributed by atoms with Crippen LogP contribution in [0.25, 0.3) is 0 Å². The Hall–Kier alpha value is -1.12. The van der Waals surface area contributed by atoms with E-state index >= 15 is 0 Å². The van der Waals surface area contributed by atoms with Gasteiger partial charge in [0.05, 0.1) is 6.61 Å². The predicted octanol–water partition coefficient (Wildman–Crippen LogP) is 1.86. The Labute approximate surface area is 78.8 Å². The van der Waals surface area contributed by atoms with E-state index in [1.165, 1.54) is 0 Å². The molecule has 3 heteroatoms. The van der Waals surface area contributed by atoms with Gasteiger partial charge in [0.2, 0.25) is 0 Å². The van der Waals surface area contributed by atoms with E-state index in [1.54, 1.807) is 6.92 Å². The monoisotopic (exact) mass is 184 g/mol. The third kappa shape index (κ3) is 7.25. The second-order valence-corrected chi connectivity index (χ2v) is 2.63. The number of hydrogen-bond donors (Lipinski definition) is 0. The highest BCUT2D eigenvalue weighted by molar-refractivity contribution is 5.95. The third-order valence-electron chi connectivity index (χ3n) is 1.47. The van der Waals surface area contributed by atoms with Crippen LogP contribution in [0.15, 0.2) is 12.2 Å². The lowest BCUT2D eigenvalue weighted by Gasteiger charge is -1.99. The number of carbonyl (C=O) groups excluding carboxylic acids is 2. The molecule has 0 fully saturated rings. The van der Waals surface area contributed by atoms with Crippen molar-refractivity contribution in [2.45, 2.75) is 33.1 Å². The second-order valence-electron chi connectivity index (χ2n) is 2.63. The Bertz CT molecular complexity index is 194. The Balaban J connectivity index is 3.55. The van der Waals surface area contributed by atoms with E-state index in [2.05, 4.69) is 4.74 Å². The summed E-state index contributed by atoms with van der Waals surface area (Å²) < 4.78 is 4.64. The van der Waals surface area contributed by atoms with Gasteiger partial charge in [0.25, 0.3) is 0 Å². The minimum absolute atomic E-state index is 0.0587. The van der Waals surface area contributed by atoms with E-state index in [-0.39, 0.29) is 12.2 Å². The predicted molar refractivity (Wildman–Crippen MR) is 50.3 cm³/mol. The summed E-state index contributed by atoms with van der Waals surface area (Å²) in [6.07, 6.45) is 4.82. The highest BCUT2D eigenvalue weighted by atomic mass is 16.5. The standard InChI is InChI=1S/C10H16O3/c1-3-5-6-7-9(11)8-10(12)13-4-2/h3,5H,4,6-8H2,1-2H3/b5-3+. The molecule has 0 rings (SSSR count). The van der Waals surface area contributed by atoms with Crippen molar-refractivity contribution < 1.29 is 14.3 Å². The molecular weight excluding hydrogens is 168 g/mol. The molecule has 0 saturated heterocycles. The lowest BCUT2D eigenvalue weighted by molar-refractivity contribution is -0.145. The normalized spacial score (nSPS) is 10.3. The second kappa shape index (κ2) is 7.53. The summed E-state index contributed by atoms with van der Waals surface area (Å²) in [7, 11) is 0. The molecule has 0 aromatic carbocycles. The van der Waals surface area contributed by atoms with E-state index < -0.39 is 5.97 Å². The van der Waals surface area contributed by atoms with E-state index in [0.717, 1.165) is 0 Å². The molecule has 0 aromatic rings. The van der Waals surface area contributed by atoms with E-state index in [4.69, 9.17) is 0 Å². The minimum Gasteiger partial charge on any atom is -0.466 e. The molecule has 0 atom stereocenters. The van der Waals surface area contributed by atoms with Gasteiger partial charge in [-0.1, -0.05) is 12.2 Å². The zero-order chi connectivity index (χ0) is 10.1. The summed E-state index contributed by atoms with van der Waals surface area (Å²) in [4.78, 5) is 21.9. The van der Waals surface area contributed by atoms with Crippen molar-refractivity contribution in [2.24, 2.45) is 0 Å². The molecule has 0 heterocycles. The molecule has 74 valence electrons. The maximum absolute atomic E-state index is 11.1. The lowest BCUT2D eigenvalue weighted by Crippen LogP contribution is -2.10. The molecule has 0 amide bonds. The van der Waals surface area contributed by atoms with Crippen molar-refractivity contribution in [2.75, 3.05) is 6.61 Å². The number of ether oxygens (including phenoxy) is 1. The van der Waals surface area contributed by atoms with Crippen LogP contribution < -0.4 is 0 Å². The molecule has 0 N–H and O–H groups in total. The SMILES string of the molecule is C/C=C/CCC(=O)CC(=O)OCC. The smallest absolute Gasteiger partial charge is 0.313 e. The molecule has 0 aliphatic rings. The van der Waals surface area contributed by atoms with Gasteiger partial charge in [-0.25, -0.2) is 0 Å². The summed E-state index contributed by atoms with van der Waals surface area (Å²) in [6.45, 7) is 3.96. The van der Waals surface area contributed by atoms with Crippen molar-refractivity contribution in [1.29, 1.82) is 0 Å². The van der Waals surface area contributed by atoms with Gasteiger partial charge in [0.1, 0.15) is 12.2 Å². The minimum atomic E-state index is -0.423. The molecule has 3 nitrogen and oxygen atoms in total. The molecule has 0 aliphatic carbocycles. The number of hydrogen-bond acceptors (Lipinski definition) is 3. The number of Topliss-reactive ketones (excluding diaryl/α,β-unsaturated/α-hetero) is 1. The van der Waals surface area contributed by atoms with Crippen LogP contribution in [0.1, 0.15) is 33.1 Å². The quantitative estimate of drug-likeness (QED) is 0.359. The van der Waals surface area contributed by atoms with Crippen LogP contribution in [0.2, 0.25) is 0 Å². The number of allylic oxidation sites excluding steroid dienone is 2. The van der Waals surface area contributed by atoms with Crippen LogP contribution in [0.5, 0.6) is 0 Å². The van der Waals surface area contributed by atoms with Crippen LogP contribution in [-0.4, -0.2) is 18.4 Å². The van der Waals surface area contributed by atoms with E-state index in [0.29, 0.717) is 19.4 Å². The van der Waals surface area contributed by atoms with Crippen molar-refractivity contribution >= 4 is 11.8 Å². The van der Waals surface area contributed by atoms with Crippen molar-refractivity contribution in [3.05, 3.63) is 12.2 Å². The summed E-state index contributed by atoms with van der Waals surface area (Å²) in [5, 5.41) is 0. The van der Waals surface area contributed by atoms with Gasteiger partial charge in [-0.05, 0) is 20.3 Å². The Morgan fingerprint density at radius 2 is 2.08 bits per heavy atom. The van der Waals surface area contributed by atoms with Gasteiger partial charge in [-0.2, -0.15) is 0 Å². The Morgan fingerprint density at radius 1 is 1.38 bits per heavy atom. The topological polar surface area (TPSA) is 43.4 Å². The molecular formula is C10H16O3. The molecule has 0 aromatic heterocycles. The molecule has 0 saturated carbocycles. The first-order chi connectivity index (χ1) is 6.20. The number of carbonyl (C=O) groups is 2. The first-order valence-electron chi connectivity index (χ1n) is 4.49. The largest absolute Gasteiger partial charge is 0.466 e. The first kappa shape index (κ1) is 11.9. The Kier molecular flexibility index (Phi) is 6.88. The van der Waals surface area contributed by atoms with E-state index in [9.17, 15) is 9.59 Å². The maximum Gasteiger partial charge on any atom is 0.313 e. The Morgan fingerprint density at radius 3 is 2.62 bits per heavy atom. The zero-order valence-corrected chi connectivity index (χ0v) is 8.21. The molecule has 0 bridgehead atoms. The molecule has 13 heavy (non-hydrogen) atoms. The first-order valence-corrected chi connectivity index (χ1v) is 4.49. The van der Waals surface area contributed by atoms with Gasteiger partial charge in [0.15, 0.2) is 0 Å². The summed E-state index contributed by atoms with van der Waals surface area (Å²) in [5.41, 5.74) is 0. The van der Waals surface area contributed by atoms with Crippen LogP contribution in [0, 0.1) is 0 Å². The fraction of sp³-hybridized carbons (Fsp3) is 0.600. The van der Waals surface area contributed by atoms with Crippen molar-refractivity contribution in [1.82, 2.24) is 0 Å². The summed E-state index contributed by atoms with van der Waals surface area (Å²) in [6, 6.07) is 0. The maximum atomic E-state index is 11.1. The number of esters is 1. The van der Waals surface area contributed by atoms with Gasteiger partial charge >= 0.3 is 5.97 Å². The average Bonchev–Trinajstić information content (AvgIpc) is 2.05. The third-order valence-corrected chi connectivity index (χ3v) is 1.47. The van der Waals surface area contributed by atoms with Crippen LogP contribution >= 0.6 is 0 Å². The average molecular weight is 184 g/mol. The highest BCUT2D eigenvalue weighted by Crippen LogP contribution is 1.98. The molecule has 0 spiro atoms. The van der Waals surface area contributed by atoms with E-state index in [1.807, 2.05) is 19.1 Å². The van der Waals surface area contributed by atoms with Crippen LogP contribution in [-0.2, 0) is 14.3 Å². The van der Waals surface area contributed by atoms with Gasteiger partial charge in [0, 0.05) is 6.42 Å². The fourth-order valence-electron chi connectivity index (χ4n) is 0.872. The number of ketones is 1. The molecule has 0 aliphatic heterocycles. The fourth-order valence-corrected chi connectivity index (χ4v) is 0.872. The van der Waals surface area contributed by atoms with Gasteiger partial charge in [-0.15, -0.1) is 0 Å². The van der Waals surface area contributed by atoms with Crippen molar-refractivity contribution in [3.63, 3.8) is 0 Å². The van der Waals surface area contributed by atoms with Gasteiger partial charge in [-0.3, -0.25) is 9.59 Å². The molecule has 0 unspecified atom stereocenters. The highest BCUT2D eigenvalue weighted by Gasteiger charge is 2.08. The lowest BCUT2D eigenvalue weighted by atomic mass is 10.1. The van der Waals surface area contributed by atoms with Gasteiger partial charge < -0.3 is 4.74 Å². The number of rotatable bonds is 6.